The van der Waals surface area contributed by atoms with E-state index in [1.165, 1.54) is 0 Å². The van der Waals surface area contributed by atoms with Gasteiger partial charge in [0.2, 0.25) is 6.79 Å². The first kappa shape index (κ1) is 17.9. The van der Waals surface area contributed by atoms with E-state index in [2.05, 4.69) is 15.6 Å². The Morgan fingerprint density at radius 1 is 1.07 bits per heavy atom. The lowest BCUT2D eigenvalue weighted by Gasteiger charge is -2.11. The molecular formula is C22H21N3O3. The molecule has 2 heterocycles. The molecule has 0 spiro atoms. The highest BCUT2D eigenvalue weighted by Crippen LogP contribution is 2.32. The molecule has 6 nitrogen and oxygen atoms in total. The van der Waals surface area contributed by atoms with Crippen LogP contribution < -0.4 is 20.1 Å². The number of fused-ring (bicyclic) bond motifs is 1. The van der Waals surface area contributed by atoms with Crippen molar-refractivity contribution in [3.63, 3.8) is 0 Å². The number of hydrogen-bond acceptors (Lipinski definition) is 5. The second-order valence-electron chi connectivity index (χ2n) is 6.67. The highest BCUT2D eigenvalue weighted by atomic mass is 16.7. The number of aromatic nitrogens is 1. The number of anilines is 2. The van der Waals surface area contributed by atoms with E-state index < -0.39 is 0 Å². The average Bonchev–Trinajstić information content (AvgIpc) is 3.18. The third-order valence-corrected chi connectivity index (χ3v) is 4.79. The van der Waals surface area contributed by atoms with Gasteiger partial charge in [0.05, 0.1) is 0 Å². The molecule has 2 N–H and O–H groups in total. The number of rotatable bonds is 5. The lowest BCUT2D eigenvalue weighted by Crippen LogP contribution is -2.14. The molecular weight excluding hydrogens is 354 g/mol. The van der Waals surface area contributed by atoms with Crippen molar-refractivity contribution in [2.24, 2.45) is 0 Å². The van der Waals surface area contributed by atoms with Gasteiger partial charge in [0, 0.05) is 24.0 Å². The number of benzene rings is 2. The predicted molar refractivity (Wildman–Crippen MR) is 108 cm³/mol. The van der Waals surface area contributed by atoms with Crippen LogP contribution >= 0.6 is 0 Å². The van der Waals surface area contributed by atoms with E-state index >= 15 is 0 Å². The topological polar surface area (TPSA) is 72.5 Å². The first-order chi connectivity index (χ1) is 13.6. The van der Waals surface area contributed by atoms with Gasteiger partial charge in [-0.3, -0.25) is 4.79 Å². The minimum atomic E-state index is -0.165. The predicted octanol–water partition coefficient (Wildman–Crippen LogP) is 4.29. The quantitative estimate of drug-likeness (QED) is 0.696. The van der Waals surface area contributed by atoms with Crippen LogP contribution in [0.1, 0.15) is 27.0 Å². The Labute approximate surface area is 163 Å². The Kier molecular flexibility index (Phi) is 4.85. The molecule has 0 fully saturated rings. The number of hydrogen-bond donors (Lipinski definition) is 2. The third kappa shape index (κ3) is 3.76. The molecule has 1 aliphatic rings. The van der Waals surface area contributed by atoms with Crippen LogP contribution in [0.5, 0.6) is 11.5 Å². The molecule has 2 aromatic carbocycles. The van der Waals surface area contributed by atoms with Gasteiger partial charge >= 0.3 is 0 Å². The molecule has 4 rings (SSSR count). The van der Waals surface area contributed by atoms with Crippen molar-refractivity contribution < 1.29 is 14.3 Å². The molecule has 0 saturated heterocycles. The fourth-order valence-corrected chi connectivity index (χ4v) is 2.99. The van der Waals surface area contributed by atoms with Gasteiger partial charge in [-0.15, -0.1) is 0 Å². The second-order valence-corrected chi connectivity index (χ2v) is 6.67. The summed E-state index contributed by atoms with van der Waals surface area (Å²) >= 11 is 0. The van der Waals surface area contributed by atoms with E-state index in [4.69, 9.17) is 9.47 Å². The molecule has 6 heteroatoms. The summed E-state index contributed by atoms with van der Waals surface area (Å²) in [6, 6.07) is 15.1. The van der Waals surface area contributed by atoms with Crippen molar-refractivity contribution >= 4 is 17.4 Å². The van der Waals surface area contributed by atoms with Crippen LogP contribution in [0.3, 0.4) is 0 Å². The minimum Gasteiger partial charge on any atom is -0.454 e. The van der Waals surface area contributed by atoms with Gasteiger partial charge in [0.1, 0.15) is 5.82 Å². The number of amides is 1. The number of carbonyl (C=O) groups excluding carboxylic acids is 1. The zero-order chi connectivity index (χ0) is 19.5. The second kappa shape index (κ2) is 7.60. The molecule has 142 valence electrons. The van der Waals surface area contributed by atoms with E-state index in [0.29, 0.717) is 17.9 Å². The maximum atomic E-state index is 12.6. The van der Waals surface area contributed by atoms with Crippen molar-refractivity contribution in [1.82, 2.24) is 4.98 Å². The van der Waals surface area contributed by atoms with Crippen molar-refractivity contribution in [3.8, 4) is 11.5 Å². The number of aryl methyl sites for hydroxylation is 1. The first-order valence-electron chi connectivity index (χ1n) is 9.06. The van der Waals surface area contributed by atoms with Crippen LogP contribution in [0.2, 0.25) is 0 Å². The Bertz CT molecular complexity index is 1030. The van der Waals surface area contributed by atoms with Crippen LogP contribution in [-0.4, -0.2) is 17.7 Å². The zero-order valence-corrected chi connectivity index (χ0v) is 15.8. The molecule has 0 bridgehead atoms. The van der Waals surface area contributed by atoms with Gasteiger partial charge < -0.3 is 20.1 Å². The van der Waals surface area contributed by atoms with Crippen LogP contribution in [0.25, 0.3) is 0 Å². The largest absolute Gasteiger partial charge is 0.454 e. The number of nitrogens with zero attached hydrogens (tertiary/aromatic N) is 1. The summed E-state index contributed by atoms with van der Waals surface area (Å²) < 4.78 is 10.7. The van der Waals surface area contributed by atoms with E-state index in [-0.39, 0.29) is 12.7 Å². The summed E-state index contributed by atoms with van der Waals surface area (Å²) in [6.07, 6.45) is 1.62. The van der Waals surface area contributed by atoms with Crippen LogP contribution in [0.4, 0.5) is 11.5 Å². The maximum Gasteiger partial charge on any atom is 0.255 e. The molecule has 1 aromatic heterocycles. The summed E-state index contributed by atoms with van der Waals surface area (Å²) in [4.78, 5) is 16.9. The van der Waals surface area contributed by atoms with E-state index in [1.54, 1.807) is 18.3 Å². The zero-order valence-electron chi connectivity index (χ0n) is 15.8. The Hall–Kier alpha value is -3.54. The van der Waals surface area contributed by atoms with Crippen molar-refractivity contribution in [1.29, 1.82) is 0 Å². The van der Waals surface area contributed by atoms with Crippen LogP contribution in [-0.2, 0) is 6.54 Å². The van der Waals surface area contributed by atoms with E-state index in [9.17, 15) is 4.79 Å². The number of pyridine rings is 1. The molecule has 3 aromatic rings. The summed E-state index contributed by atoms with van der Waals surface area (Å²) in [5.41, 5.74) is 4.60. The summed E-state index contributed by atoms with van der Waals surface area (Å²) in [5.74, 6) is 1.97. The monoisotopic (exact) mass is 375 g/mol. The highest BCUT2D eigenvalue weighted by molar-refractivity contribution is 6.05. The number of nitrogens with one attached hydrogen (secondary N) is 2. The van der Waals surface area contributed by atoms with E-state index in [0.717, 1.165) is 33.9 Å². The van der Waals surface area contributed by atoms with Crippen LogP contribution in [0.15, 0.2) is 54.7 Å². The van der Waals surface area contributed by atoms with E-state index in [1.807, 2.05) is 50.2 Å². The summed E-state index contributed by atoms with van der Waals surface area (Å²) in [6.45, 7) is 4.84. The lowest BCUT2D eigenvalue weighted by molar-refractivity contribution is 0.102. The molecule has 1 aliphatic heterocycles. The summed E-state index contributed by atoms with van der Waals surface area (Å²) in [7, 11) is 0. The fraction of sp³-hybridized carbons (Fsp3) is 0.182. The third-order valence-electron chi connectivity index (χ3n) is 4.79. The number of carbonyl (C=O) groups is 1. The standard InChI is InChI=1S/C22H21N3O3/c1-14-4-3-5-18(15(14)2)25-22(26)17-8-9-23-21(11-17)24-12-16-6-7-19-20(10-16)28-13-27-19/h3-11H,12-13H2,1-2H3,(H,23,24)(H,25,26). The molecule has 0 aliphatic carbocycles. The van der Waals surface area contributed by atoms with Crippen molar-refractivity contribution in [3.05, 3.63) is 77.0 Å². The average molecular weight is 375 g/mol. The minimum absolute atomic E-state index is 0.165. The molecule has 0 radical (unpaired) electrons. The Balaban J connectivity index is 1.44. The first-order valence-corrected chi connectivity index (χ1v) is 9.06. The number of ether oxygens (including phenoxy) is 2. The van der Waals surface area contributed by atoms with Gasteiger partial charge in [-0.1, -0.05) is 18.2 Å². The summed E-state index contributed by atoms with van der Waals surface area (Å²) in [5, 5.41) is 6.22. The Morgan fingerprint density at radius 2 is 1.93 bits per heavy atom. The Morgan fingerprint density at radius 3 is 2.82 bits per heavy atom. The normalized spacial score (nSPS) is 11.9. The maximum absolute atomic E-state index is 12.6. The SMILES string of the molecule is Cc1cccc(NC(=O)c2ccnc(NCc3ccc4c(c3)OCO4)c2)c1C. The van der Waals surface area contributed by atoms with Gasteiger partial charge in [-0.25, -0.2) is 4.98 Å². The molecule has 0 saturated carbocycles. The van der Waals surface area contributed by atoms with Crippen molar-refractivity contribution in [2.75, 3.05) is 17.4 Å². The molecule has 0 unspecified atom stereocenters. The van der Waals surface area contributed by atoms with Gasteiger partial charge in [-0.2, -0.15) is 0 Å². The van der Waals surface area contributed by atoms with Gasteiger partial charge in [-0.05, 0) is 60.9 Å². The van der Waals surface area contributed by atoms with Gasteiger partial charge in [0.15, 0.2) is 11.5 Å². The molecule has 28 heavy (non-hydrogen) atoms. The highest BCUT2D eigenvalue weighted by Gasteiger charge is 2.13. The fourth-order valence-electron chi connectivity index (χ4n) is 2.99. The van der Waals surface area contributed by atoms with Crippen molar-refractivity contribution in [2.45, 2.75) is 20.4 Å². The molecule has 1 amide bonds. The lowest BCUT2D eigenvalue weighted by atomic mass is 10.1. The smallest absolute Gasteiger partial charge is 0.255 e. The molecule has 0 atom stereocenters. The van der Waals surface area contributed by atoms with Crippen LogP contribution in [0, 0.1) is 13.8 Å². The van der Waals surface area contributed by atoms with Gasteiger partial charge in [0.25, 0.3) is 5.91 Å².